The number of aryl methyl sites for hydroxylation is 1. The van der Waals surface area contributed by atoms with E-state index in [1.807, 2.05) is 0 Å². The quantitative estimate of drug-likeness (QED) is 0.638. The maximum Gasteiger partial charge on any atom is 0.176 e. The summed E-state index contributed by atoms with van der Waals surface area (Å²) in [6.07, 6.45) is 0. The van der Waals surface area contributed by atoms with E-state index < -0.39 is 0 Å². The summed E-state index contributed by atoms with van der Waals surface area (Å²) in [7, 11) is 0. The van der Waals surface area contributed by atoms with E-state index in [1.165, 1.54) is 6.07 Å². The molecule has 0 atom stereocenters. The third kappa shape index (κ3) is 1.62. The second-order valence-corrected chi connectivity index (χ2v) is 2.63. The van der Waals surface area contributed by atoms with E-state index in [4.69, 9.17) is 5.73 Å². The van der Waals surface area contributed by atoms with E-state index in [0.717, 1.165) is 5.56 Å². The molecule has 1 aromatic carbocycles. The van der Waals surface area contributed by atoms with Gasteiger partial charge in [-0.05, 0) is 18.6 Å². The first kappa shape index (κ1) is 8.74. The molecular weight excluding hydrogens is 154 g/mol. The van der Waals surface area contributed by atoms with Crippen molar-refractivity contribution in [3.8, 4) is 5.75 Å². The number of phenolic OH excluding ortho intramolecular Hbond substituents is 1. The van der Waals surface area contributed by atoms with Crippen molar-refractivity contribution >= 4 is 5.78 Å². The number of Topliss-reactive ketones (excluding diaryl/α,β-unsaturated/α-hetero) is 1. The fourth-order valence-corrected chi connectivity index (χ4v) is 0.901. The third-order valence-corrected chi connectivity index (χ3v) is 1.72. The Morgan fingerprint density at radius 3 is 2.75 bits per heavy atom. The van der Waals surface area contributed by atoms with Crippen molar-refractivity contribution in [2.24, 2.45) is 5.73 Å². The van der Waals surface area contributed by atoms with Crippen LogP contribution in [0.25, 0.3) is 0 Å². The highest BCUT2D eigenvalue weighted by atomic mass is 16.3. The summed E-state index contributed by atoms with van der Waals surface area (Å²) < 4.78 is 0. The topological polar surface area (TPSA) is 63.3 Å². The average Bonchev–Trinajstić information content (AvgIpc) is 2.08. The first-order valence-corrected chi connectivity index (χ1v) is 3.68. The lowest BCUT2D eigenvalue weighted by Crippen LogP contribution is -2.13. The third-order valence-electron chi connectivity index (χ3n) is 1.72. The summed E-state index contributed by atoms with van der Waals surface area (Å²) in [6.45, 7) is 1.74. The number of nitrogens with two attached hydrogens (primary N) is 1. The lowest BCUT2D eigenvalue weighted by atomic mass is 10.1. The predicted octanol–water partition coefficient (Wildman–Crippen LogP) is 0.842. The van der Waals surface area contributed by atoms with Crippen molar-refractivity contribution in [2.45, 2.75) is 6.92 Å². The maximum atomic E-state index is 11.0. The molecule has 0 radical (unpaired) electrons. The molecule has 0 unspecified atom stereocenters. The van der Waals surface area contributed by atoms with Crippen LogP contribution in [0.5, 0.6) is 5.75 Å². The van der Waals surface area contributed by atoms with Crippen LogP contribution in [-0.2, 0) is 0 Å². The van der Waals surface area contributed by atoms with Crippen molar-refractivity contribution < 1.29 is 9.90 Å². The monoisotopic (exact) mass is 165 g/mol. The number of hydrogen-bond acceptors (Lipinski definition) is 3. The van der Waals surface area contributed by atoms with Crippen LogP contribution < -0.4 is 5.73 Å². The van der Waals surface area contributed by atoms with Gasteiger partial charge in [0.1, 0.15) is 5.75 Å². The molecule has 0 fully saturated rings. The second-order valence-electron chi connectivity index (χ2n) is 2.63. The Morgan fingerprint density at radius 1 is 1.58 bits per heavy atom. The molecule has 0 aliphatic carbocycles. The Bertz CT molecular complexity index is 307. The van der Waals surface area contributed by atoms with Crippen molar-refractivity contribution in [1.29, 1.82) is 0 Å². The zero-order valence-corrected chi connectivity index (χ0v) is 6.87. The van der Waals surface area contributed by atoms with Crippen LogP contribution in [0.15, 0.2) is 18.2 Å². The molecule has 0 bridgehead atoms. The molecule has 0 amide bonds. The van der Waals surface area contributed by atoms with Gasteiger partial charge in [-0.1, -0.05) is 12.1 Å². The van der Waals surface area contributed by atoms with Crippen LogP contribution in [0.1, 0.15) is 15.9 Å². The number of ketones is 1. The molecule has 0 saturated heterocycles. The van der Waals surface area contributed by atoms with Gasteiger partial charge in [-0.15, -0.1) is 0 Å². The summed E-state index contributed by atoms with van der Waals surface area (Å²) in [5, 5.41) is 9.25. The standard InChI is InChI=1S/C9H11NO2/c1-6-2-3-7(4-8(6)11)9(12)5-10/h2-4,11H,5,10H2,1H3. The van der Waals surface area contributed by atoms with Gasteiger partial charge in [0.2, 0.25) is 0 Å². The minimum Gasteiger partial charge on any atom is -0.508 e. The van der Waals surface area contributed by atoms with Gasteiger partial charge in [-0.2, -0.15) is 0 Å². The predicted molar refractivity (Wildman–Crippen MR) is 46.2 cm³/mol. The zero-order valence-electron chi connectivity index (χ0n) is 6.87. The van der Waals surface area contributed by atoms with Crippen molar-refractivity contribution in [3.05, 3.63) is 29.3 Å². The molecule has 0 heterocycles. The van der Waals surface area contributed by atoms with E-state index in [9.17, 15) is 9.90 Å². The number of carbonyl (C=O) groups is 1. The number of aromatic hydroxyl groups is 1. The molecule has 0 saturated carbocycles. The first-order valence-electron chi connectivity index (χ1n) is 3.68. The molecule has 0 spiro atoms. The van der Waals surface area contributed by atoms with E-state index >= 15 is 0 Å². The van der Waals surface area contributed by atoms with E-state index in [0.29, 0.717) is 5.56 Å². The highest BCUT2D eigenvalue weighted by Gasteiger charge is 2.04. The Morgan fingerprint density at radius 2 is 2.25 bits per heavy atom. The Hall–Kier alpha value is -1.35. The van der Waals surface area contributed by atoms with Crippen LogP contribution >= 0.6 is 0 Å². The molecule has 3 N–H and O–H groups in total. The molecule has 1 aromatic rings. The highest BCUT2D eigenvalue weighted by Crippen LogP contribution is 2.17. The van der Waals surface area contributed by atoms with Crippen LogP contribution in [0.4, 0.5) is 0 Å². The summed E-state index contributed by atoms with van der Waals surface area (Å²) >= 11 is 0. The Labute approximate surface area is 70.8 Å². The molecule has 64 valence electrons. The Kier molecular flexibility index (Phi) is 2.45. The van der Waals surface area contributed by atoms with Gasteiger partial charge in [0, 0.05) is 5.56 Å². The molecule has 1 rings (SSSR count). The number of hydrogen-bond donors (Lipinski definition) is 2. The fourth-order valence-electron chi connectivity index (χ4n) is 0.901. The average molecular weight is 165 g/mol. The molecule has 0 aromatic heterocycles. The van der Waals surface area contributed by atoms with Gasteiger partial charge >= 0.3 is 0 Å². The zero-order chi connectivity index (χ0) is 9.14. The minimum atomic E-state index is -0.162. The highest BCUT2D eigenvalue weighted by molar-refractivity contribution is 5.97. The summed E-state index contributed by atoms with van der Waals surface area (Å²) in [5.74, 6) is -0.0281. The van der Waals surface area contributed by atoms with Crippen LogP contribution in [0.3, 0.4) is 0 Å². The van der Waals surface area contributed by atoms with E-state index in [2.05, 4.69) is 0 Å². The van der Waals surface area contributed by atoms with Gasteiger partial charge in [0.15, 0.2) is 5.78 Å². The van der Waals surface area contributed by atoms with E-state index in [1.54, 1.807) is 19.1 Å². The second kappa shape index (κ2) is 3.36. The minimum absolute atomic E-state index is 0.0253. The Balaban J connectivity index is 3.05. The van der Waals surface area contributed by atoms with Gasteiger partial charge in [0.05, 0.1) is 6.54 Å². The summed E-state index contributed by atoms with van der Waals surface area (Å²) in [6, 6.07) is 4.78. The molecule has 3 nitrogen and oxygen atoms in total. The summed E-state index contributed by atoms with van der Waals surface area (Å²) in [5.41, 5.74) is 6.37. The van der Waals surface area contributed by atoms with Crippen molar-refractivity contribution in [1.82, 2.24) is 0 Å². The van der Waals surface area contributed by atoms with Crippen LogP contribution in [0, 0.1) is 6.92 Å². The molecule has 12 heavy (non-hydrogen) atoms. The SMILES string of the molecule is Cc1ccc(C(=O)CN)cc1O. The smallest absolute Gasteiger partial charge is 0.176 e. The van der Waals surface area contributed by atoms with Gasteiger partial charge in [0.25, 0.3) is 0 Å². The largest absolute Gasteiger partial charge is 0.508 e. The summed E-state index contributed by atoms with van der Waals surface area (Å²) in [4.78, 5) is 11.0. The fraction of sp³-hybridized carbons (Fsp3) is 0.222. The molecule has 0 aliphatic rings. The van der Waals surface area contributed by atoms with Gasteiger partial charge < -0.3 is 10.8 Å². The lowest BCUT2D eigenvalue weighted by molar-refractivity contribution is 0.100. The van der Waals surface area contributed by atoms with Crippen molar-refractivity contribution in [2.75, 3.05) is 6.54 Å². The molecule has 0 aliphatic heterocycles. The number of carbonyl (C=O) groups excluding carboxylic acids is 1. The molecule has 3 heteroatoms. The van der Waals surface area contributed by atoms with Gasteiger partial charge in [-0.25, -0.2) is 0 Å². The molecular formula is C9H11NO2. The number of benzene rings is 1. The van der Waals surface area contributed by atoms with Gasteiger partial charge in [-0.3, -0.25) is 4.79 Å². The van der Waals surface area contributed by atoms with Crippen LogP contribution in [-0.4, -0.2) is 17.4 Å². The lowest BCUT2D eigenvalue weighted by Gasteiger charge is -2.01. The van der Waals surface area contributed by atoms with Crippen molar-refractivity contribution in [3.63, 3.8) is 0 Å². The first-order chi connectivity index (χ1) is 5.65. The van der Waals surface area contributed by atoms with E-state index in [-0.39, 0.29) is 18.1 Å². The number of rotatable bonds is 2. The van der Waals surface area contributed by atoms with Crippen LogP contribution in [0.2, 0.25) is 0 Å². The number of phenols is 1. The maximum absolute atomic E-state index is 11.0. The normalized spacial score (nSPS) is 9.83.